The lowest BCUT2D eigenvalue weighted by atomic mass is 10.00. The molecule has 2 aromatic carbocycles. The molecule has 1 aliphatic rings. The van der Waals surface area contributed by atoms with Gasteiger partial charge in [0.2, 0.25) is 0 Å². The third-order valence-corrected chi connectivity index (χ3v) is 4.88. The summed E-state index contributed by atoms with van der Waals surface area (Å²) in [6.45, 7) is 5.56. The molecule has 0 bridgehead atoms. The first kappa shape index (κ1) is 20.3. The number of nitrogens with zero attached hydrogens (tertiary/aromatic N) is 1. The highest BCUT2D eigenvalue weighted by Gasteiger charge is 2.34. The number of rotatable bonds is 6. The Morgan fingerprint density at radius 1 is 1.25 bits per heavy atom. The number of hydrogen-bond acceptors (Lipinski definition) is 4. The normalized spacial score (nSPS) is 19.7. The summed E-state index contributed by atoms with van der Waals surface area (Å²) in [7, 11) is 0. The van der Waals surface area contributed by atoms with Gasteiger partial charge >= 0.3 is 0 Å². The molecule has 6 heteroatoms. The van der Waals surface area contributed by atoms with E-state index in [4.69, 9.17) is 15.2 Å². The molecular weight excluding hydrogens is 359 g/mol. The van der Waals surface area contributed by atoms with Gasteiger partial charge < -0.3 is 20.1 Å². The predicted octanol–water partition coefficient (Wildman–Crippen LogP) is 3.40. The van der Waals surface area contributed by atoms with Crippen LogP contribution in [0.25, 0.3) is 0 Å². The zero-order valence-corrected chi connectivity index (χ0v) is 16.3. The monoisotopic (exact) mass is 386 g/mol. The molecule has 0 unspecified atom stereocenters. The Balaban J connectivity index is 1.88. The van der Waals surface area contributed by atoms with Gasteiger partial charge in [-0.2, -0.15) is 0 Å². The van der Waals surface area contributed by atoms with Gasteiger partial charge in [0.05, 0.1) is 18.2 Å². The van der Waals surface area contributed by atoms with E-state index in [1.54, 1.807) is 4.90 Å². The van der Waals surface area contributed by atoms with E-state index in [0.29, 0.717) is 25.4 Å². The van der Waals surface area contributed by atoms with Crippen molar-refractivity contribution in [3.05, 3.63) is 65.5 Å². The van der Waals surface area contributed by atoms with E-state index in [1.165, 1.54) is 18.2 Å². The summed E-state index contributed by atoms with van der Waals surface area (Å²) in [4.78, 5) is 15.0. The highest BCUT2D eigenvalue weighted by atomic mass is 19.1. The maximum atomic E-state index is 13.9. The summed E-state index contributed by atoms with van der Waals surface area (Å²) in [5.74, 6) is -0.152. The second-order valence-corrected chi connectivity index (χ2v) is 7.31. The van der Waals surface area contributed by atoms with Gasteiger partial charge in [-0.3, -0.25) is 4.79 Å². The largest absolute Gasteiger partial charge is 0.491 e. The number of hydrogen-bond donors (Lipinski definition) is 1. The number of halogens is 1. The first-order valence-electron chi connectivity index (χ1n) is 9.61. The highest BCUT2D eigenvalue weighted by Crippen LogP contribution is 2.30. The summed E-state index contributed by atoms with van der Waals surface area (Å²) in [5.41, 5.74) is 6.73. The van der Waals surface area contributed by atoms with Crippen molar-refractivity contribution in [2.75, 3.05) is 26.2 Å². The van der Waals surface area contributed by atoms with Crippen LogP contribution >= 0.6 is 0 Å². The minimum Gasteiger partial charge on any atom is -0.491 e. The fourth-order valence-electron chi connectivity index (χ4n) is 3.31. The third kappa shape index (κ3) is 4.69. The van der Waals surface area contributed by atoms with Gasteiger partial charge in [0, 0.05) is 13.1 Å². The minimum absolute atomic E-state index is 0.107. The van der Waals surface area contributed by atoms with E-state index in [2.05, 4.69) is 13.8 Å². The van der Waals surface area contributed by atoms with E-state index in [1.807, 2.05) is 30.3 Å². The van der Waals surface area contributed by atoms with Crippen LogP contribution in [0, 0.1) is 11.7 Å². The molecule has 150 valence electrons. The summed E-state index contributed by atoms with van der Waals surface area (Å²) in [6, 6.07) is 13.8. The van der Waals surface area contributed by atoms with Gasteiger partial charge in [-0.1, -0.05) is 44.2 Å². The Morgan fingerprint density at radius 3 is 2.68 bits per heavy atom. The molecule has 0 radical (unpaired) electrons. The number of morpholine rings is 1. The van der Waals surface area contributed by atoms with Crippen LogP contribution in [0.2, 0.25) is 0 Å². The molecule has 1 fully saturated rings. The smallest absolute Gasteiger partial charge is 0.257 e. The molecule has 2 atom stereocenters. The molecule has 0 spiro atoms. The molecule has 0 aliphatic carbocycles. The van der Waals surface area contributed by atoms with E-state index in [0.717, 1.165) is 5.56 Å². The van der Waals surface area contributed by atoms with Crippen molar-refractivity contribution in [3.63, 3.8) is 0 Å². The van der Waals surface area contributed by atoms with Crippen molar-refractivity contribution in [1.29, 1.82) is 0 Å². The molecule has 1 aliphatic heterocycles. The minimum atomic E-state index is -0.475. The van der Waals surface area contributed by atoms with Crippen molar-refractivity contribution in [1.82, 2.24) is 4.90 Å². The van der Waals surface area contributed by atoms with Crippen LogP contribution in [0.5, 0.6) is 5.75 Å². The molecule has 2 N–H and O–H groups in total. The van der Waals surface area contributed by atoms with Crippen LogP contribution in [0.1, 0.15) is 35.9 Å². The lowest BCUT2D eigenvalue weighted by Gasteiger charge is -2.40. The summed E-state index contributed by atoms with van der Waals surface area (Å²) in [5, 5.41) is 0. The van der Waals surface area contributed by atoms with Crippen LogP contribution in [-0.4, -0.2) is 43.2 Å². The standard InChI is InChI=1S/C22H27FN2O3/c1-15(2)20-13-25(14-21(28-20)16-6-4-3-5-7-16)22(26)18-12-17(23)8-9-19(18)27-11-10-24/h3-9,12,15,20-21H,10-11,13-14,24H2,1-2H3/t20-,21+/m1/s1. The quantitative estimate of drug-likeness (QED) is 0.826. The summed E-state index contributed by atoms with van der Waals surface area (Å²) >= 11 is 0. The molecule has 0 aromatic heterocycles. The van der Waals surface area contributed by atoms with Gasteiger partial charge in [0.15, 0.2) is 0 Å². The van der Waals surface area contributed by atoms with Crippen LogP contribution in [-0.2, 0) is 4.74 Å². The lowest BCUT2D eigenvalue weighted by molar-refractivity contribution is -0.0955. The lowest BCUT2D eigenvalue weighted by Crippen LogP contribution is -2.48. The topological polar surface area (TPSA) is 64.8 Å². The van der Waals surface area contributed by atoms with Crippen molar-refractivity contribution in [3.8, 4) is 5.75 Å². The maximum absolute atomic E-state index is 13.9. The molecular formula is C22H27FN2O3. The molecule has 1 saturated heterocycles. The van der Waals surface area contributed by atoms with E-state index < -0.39 is 5.82 Å². The number of nitrogens with two attached hydrogens (primary N) is 1. The average Bonchev–Trinajstić information content (AvgIpc) is 2.72. The Labute approximate surface area is 165 Å². The zero-order valence-electron chi connectivity index (χ0n) is 16.3. The Bertz CT molecular complexity index is 798. The first-order chi connectivity index (χ1) is 13.5. The van der Waals surface area contributed by atoms with Gasteiger partial charge in [-0.05, 0) is 29.7 Å². The number of ether oxygens (including phenoxy) is 2. The number of benzene rings is 2. The van der Waals surface area contributed by atoms with Crippen LogP contribution < -0.4 is 10.5 Å². The molecule has 28 heavy (non-hydrogen) atoms. The molecule has 3 rings (SSSR count). The van der Waals surface area contributed by atoms with Gasteiger partial charge in [0.1, 0.15) is 24.3 Å². The molecule has 0 saturated carbocycles. The molecule has 1 amide bonds. The van der Waals surface area contributed by atoms with E-state index >= 15 is 0 Å². The number of carbonyl (C=O) groups is 1. The Hall–Kier alpha value is -2.44. The van der Waals surface area contributed by atoms with Crippen molar-refractivity contribution >= 4 is 5.91 Å². The highest BCUT2D eigenvalue weighted by molar-refractivity contribution is 5.97. The van der Waals surface area contributed by atoms with Crippen LogP contribution in [0.3, 0.4) is 0 Å². The van der Waals surface area contributed by atoms with Crippen LogP contribution in [0.4, 0.5) is 4.39 Å². The Morgan fingerprint density at radius 2 is 2.00 bits per heavy atom. The van der Waals surface area contributed by atoms with Crippen molar-refractivity contribution in [2.24, 2.45) is 11.7 Å². The van der Waals surface area contributed by atoms with Crippen molar-refractivity contribution in [2.45, 2.75) is 26.1 Å². The zero-order chi connectivity index (χ0) is 20.1. The SMILES string of the molecule is CC(C)[C@H]1CN(C(=O)c2cc(F)ccc2OCCN)C[C@@H](c2ccccc2)O1. The molecule has 2 aromatic rings. The number of amides is 1. The van der Waals surface area contributed by atoms with Crippen molar-refractivity contribution < 1.29 is 18.7 Å². The summed E-state index contributed by atoms with van der Waals surface area (Å²) in [6.07, 6.45) is -0.335. The first-order valence-corrected chi connectivity index (χ1v) is 9.61. The van der Waals surface area contributed by atoms with Crippen LogP contribution in [0.15, 0.2) is 48.5 Å². The molecule has 5 nitrogen and oxygen atoms in total. The maximum Gasteiger partial charge on any atom is 0.257 e. The fraction of sp³-hybridized carbons (Fsp3) is 0.409. The average molecular weight is 386 g/mol. The second kappa shape index (κ2) is 9.17. The predicted molar refractivity (Wildman–Crippen MR) is 106 cm³/mol. The number of carbonyl (C=O) groups excluding carboxylic acids is 1. The van der Waals surface area contributed by atoms with Gasteiger partial charge in [0.25, 0.3) is 5.91 Å². The molecule has 1 heterocycles. The Kier molecular flexibility index (Phi) is 6.65. The van der Waals surface area contributed by atoms with Gasteiger partial charge in [-0.25, -0.2) is 4.39 Å². The third-order valence-electron chi connectivity index (χ3n) is 4.88. The fourth-order valence-corrected chi connectivity index (χ4v) is 3.31. The van der Waals surface area contributed by atoms with E-state index in [9.17, 15) is 9.18 Å². The van der Waals surface area contributed by atoms with E-state index in [-0.39, 0.29) is 36.2 Å². The van der Waals surface area contributed by atoms with Gasteiger partial charge in [-0.15, -0.1) is 0 Å². The second-order valence-electron chi connectivity index (χ2n) is 7.31. The summed E-state index contributed by atoms with van der Waals surface area (Å²) < 4.78 is 25.7.